The van der Waals surface area contributed by atoms with Gasteiger partial charge in [0.1, 0.15) is 0 Å². The van der Waals surface area contributed by atoms with Crippen LogP contribution in [0.3, 0.4) is 0 Å². The minimum absolute atomic E-state index is 0. The quantitative estimate of drug-likeness (QED) is 0.0293. The number of rotatable bonds is 34. The topological polar surface area (TPSA) is 133 Å². The van der Waals surface area contributed by atoms with Crippen LogP contribution in [0.15, 0.2) is 72.8 Å². The molecular formula is C56H88O8Sn. The molecule has 0 amide bonds. The maximum atomic E-state index is 11.9. The van der Waals surface area contributed by atoms with E-state index in [4.69, 9.17) is 9.47 Å². The van der Waals surface area contributed by atoms with Gasteiger partial charge in [0.2, 0.25) is 0 Å². The molecule has 0 heterocycles. The van der Waals surface area contributed by atoms with Gasteiger partial charge in [0.15, 0.2) is 0 Å². The summed E-state index contributed by atoms with van der Waals surface area (Å²) >= 11 is 0. The average Bonchev–Trinajstić information content (AvgIpc) is 3.30. The number of carbonyl (C=O) groups is 4. The summed E-state index contributed by atoms with van der Waals surface area (Å²) in [7, 11) is 0. The SMILES string of the molecule is CC/C=C/CCCCCCCCOC(=O)c1ccccc1C(=O)[O-].CC/C=C/CCCCCCCCOC(=O)c1ccccc1C(=O)[O-].[CH2]CCCCCCC.[CH2]CCCCCCC.[Sn+2]. The molecule has 0 bridgehead atoms. The molecule has 4 radical (unpaired) electrons. The minimum Gasteiger partial charge on any atom is -0.545 e. The summed E-state index contributed by atoms with van der Waals surface area (Å²) < 4.78 is 10.3. The summed E-state index contributed by atoms with van der Waals surface area (Å²) in [4.78, 5) is 45.7. The summed E-state index contributed by atoms with van der Waals surface area (Å²) in [6, 6.07) is 11.9. The first-order chi connectivity index (χ1) is 31.2. The van der Waals surface area contributed by atoms with Crippen molar-refractivity contribution < 1.29 is 38.9 Å². The van der Waals surface area contributed by atoms with Crippen molar-refractivity contribution in [3.8, 4) is 0 Å². The van der Waals surface area contributed by atoms with Crippen molar-refractivity contribution >= 4 is 47.8 Å². The number of esters is 2. The molecule has 2 rings (SSSR count). The third-order valence-corrected chi connectivity index (χ3v) is 10.2. The molecule has 0 unspecified atom stereocenters. The maximum absolute atomic E-state index is 11.9. The number of ether oxygens (including phenoxy) is 2. The Kier molecular flexibility index (Phi) is 52.3. The van der Waals surface area contributed by atoms with Crippen LogP contribution in [0.4, 0.5) is 0 Å². The number of benzene rings is 2. The number of hydrogen-bond acceptors (Lipinski definition) is 8. The number of unbranched alkanes of at least 4 members (excludes halogenated alkanes) is 22. The van der Waals surface area contributed by atoms with E-state index >= 15 is 0 Å². The van der Waals surface area contributed by atoms with Crippen molar-refractivity contribution in [3.63, 3.8) is 0 Å². The minimum atomic E-state index is -1.36. The first-order valence-electron chi connectivity index (χ1n) is 25.0. The molecule has 364 valence electrons. The number of carbonyl (C=O) groups excluding carboxylic acids is 4. The number of hydrogen-bond donors (Lipinski definition) is 0. The fourth-order valence-electron chi connectivity index (χ4n) is 6.44. The molecule has 0 aliphatic rings. The molecule has 0 fully saturated rings. The molecule has 0 aliphatic carbocycles. The van der Waals surface area contributed by atoms with Crippen LogP contribution in [-0.2, 0) is 9.47 Å². The molecule has 0 aromatic heterocycles. The molecular weight excluding hydrogens is 919 g/mol. The van der Waals surface area contributed by atoms with E-state index in [-0.39, 0.29) is 46.2 Å². The van der Waals surface area contributed by atoms with Crippen molar-refractivity contribution in [2.45, 2.75) is 207 Å². The fraction of sp³-hybridized carbons (Fsp3) is 0.607. The van der Waals surface area contributed by atoms with Crippen LogP contribution in [0.25, 0.3) is 0 Å². The van der Waals surface area contributed by atoms with Crippen LogP contribution in [0, 0.1) is 13.8 Å². The molecule has 65 heavy (non-hydrogen) atoms. The summed E-state index contributed by atoms with van der Waals surface area (Å²) in [6.45, 7) is 17.0. The van der Waals surface area contributed by atoms with Crippen molar-refractivity contribution in [2.75, 3.05) is 13.2 Å². The normalized spacial score (nSPS) is 10.4. The molecule has 2 aromatic carbocycles. The zero-order chi connectivity index (χ0) is 47.7. The van der Waals surface area contributed by atoms with Gasteiger partial charge >= 0.3 is 35.8 Å². The standard InChI is InChI=1S/2C20H28O4.2C8H17.Sn/c2*1-2-3-4-5-6-7-8-9-10-13-16-24-20(23)18-15-12-11-14-17(18)19(21)22;2*1-3-5-7-8-6-4-2;/h2*3-4,11-12,14-15H,2,5-10,13,16H2,1H3,(H,21,22);2*1,3-8H2,2H3;/q;;;;+2/p-2/b2*4-3+;;;. The van der Waals surface area contributed by atoms with Crippen LogP contribution in [0.1, 0.15) is 249 Å². The van der Waals surface area contributed by atoms with Gasteiger partial charge in [-0.15, -0.1) is 0 Å². The predicted molar refractivity (Wildman–Crippen MR) is 269 cm³/mol. The molecule has 0 atom stereocenters. The van der Waals surface area contributed by atoms with E-state index in [1.54, 1.807) is 24.3 Å². The average molecular weight is 1010 g/mol. The largest absolute Gasteiger partial charge is 2.00 e. The van der Waals surface area contributed by atoms with Crippen LogP contribution in [0.2, 0.25) is 0 Å². The maximum Gasteiger partial charge on any atom is 2.00 e. The van der Waals surface area contributed by atoms with Crippen LogP contribution in [-0.4, -0.2) is 61.0 Å². The number of carboxylic acid groups (broad SMARTS) is 2. The van der Waals surface area contributed by atoms with Gasteiger partial charge in [0, 0.05) is 11.1 Å². The van der Waals surface area contributed by atoms with Gasteiger partial charge in [0.25, 0.3) is 0 Å². The summed E-state index contributed by atoms with van der Waals surface area (Å²) in [5.41, 5.74) is -0.144. The molecule has 0 aliphatic heterocycles. The van der Waals surface area contributed by atoms with Crippen LogP contribution >= 0.6 is 0 Å². The Bertz CT molecular complexity index is 1350. The molecule has 0 saturated heterocycles. The monoisotopic (exact) mass is 1010 g/mol. The van der Waals surface area contributed by atoms with Crippen molar-refractivity contribution in [3.05, 3.63) is 109 Å². The van der Waals surface area contributed by atoms with Gasteiger partial charge in [-0.05, 0) is 63.5 Å². The van der Waals surface area contributed by atoms with E-state index in [9.17, 15) is 29.4 Å². The second-order valence-corrected chi connectivity index (χ2v) is 16.1. The number of allylic oxidation sites excluding steroid dienone is 4. The molecule has 0 N–H and O–H groups in total. The Labute approximate surface area is 414 Å². The van der Waals surface area contributed by atoms with Crippen molar-refractivity contribution in [2.24, 2.45) is 0 Å². The second kappa shape index (κ2) is 51.6. The van der Waals surface area contributed by atoms with Gasteiger partial charge in [-0.3, -0.25) is 0 Å². The van der Waals surface area contributed by atoms with Gasteiger partial charge in [-0.1, -0.05) is 231 Å². The zero-order valence-electron chi connectivity index (χ0n) is 41.3. The van der Waals surface area contributed by atoms with Crippen molar-refractivity contribution in [1.29, 1.82) is 0 Å². The third kappa shape index (κ3) is 41.7. The Morgan fingerprint density at radius 2 is 0.723 bits per heavy atom. The molecule has 8 nitrogen and oxygen atoms in total. The smallest absolute Gasteiger partial charge is 0.545 e. The predicted octanol–water partition coefficient (Wildman–Crippen LogP) is 13.8. The number of aromatic carboxylic acids is 2. The number of carboxylic acids is 2. The van der Waals surface area contributed by atoms with E-state index in [1.165, 1.54) is 127 Å². The van der Waals surface area contributed by atoms with E-state index in [0.29, 0.717) is 13.2 Å². The van der Waals surface area contributed by atoms with Gasteiger partial charge in [0.05, 0.1) is 36.3 Å². The third-order valence-electron chi connectivity index (χ3n) is 10.2. The van der Waals surface area contributed by atoms with Gasteiger partial charge in [-0.25, -0.2) is 9.59 Å². The van der Waals surface area contributed by atoms with Crippen LogP contribution < -0.4 is 10.2 Å². The van der Waals surface area contributed by atoms with E-state index < -0.39 is 23.9 Å². The second-order valence-electron chi connectivity index (χ2n) is 16.1. The zero-order valence-corrected chi connectivity index (χ0v) is 44.2. The summed E-state index contributed by atoms with van der Waals surface area (Å²) in [6.07, 6.45) is 42.5. The van der Waals surface area contributed by atoms with Crippen molar-refractivity contribution in [1.82, 2.24) is 0 Å². The van der Waals surface area contributed by atoms with E-state index in [2.05, 4.69) is 65.8 Å². The Morgan fingerprint density at radius 1 is 0.431 bits per heavy atom. The fourth-order valence-corrected chi connectivity index (χ4v) is 6.44. The first-order valence-corrected chi connectivity index (χ1v) is 25.0. The van der Waals surface area contributed by atoms with E-state index in [0.717, 1.165) is 77.0 Å². The summed E-state index contributed by atoms with van der Waals surface area (Å²) in [5, 5.41) is 21.9. The molecule has 2 aromatic rings. The molecule has 0 saturated carbocycles. The van der Waals surface area contributed by atoms with E-state index in [1.807, 2.05) is 0 Å². The summed E-state index contributed by atoms with van der Waals surface area (Å²) in [5.74, 6) is -3.93. The Hall–Kier alpha value is -3.40. The Morgan fingerprint density at radius 3 is 1.03 bits per heavy atom. The Balaban J connectivity index is -0.000000878. The molecule has 9 heteroatoms. The van der Waals surface area contributed by atoms with Gasteiger partial charge in [-0.2, -0.15) is 0 Å². The van der Waals surface area contributed by atoms with Crippen LogP contribution in [0.5, 0.6) is 0 Å². The molecule has 0 spiro atoms. The van der Waals surface area contributed by atoms with Gasteiger partial charge < -0.3 is 29.3 Å². The first kappa shape index (κ1) is 65.9.